The summed E-state index contributed by atoms with van der Waals surface area (Å²) in [4.78, 5) is 25.8. The van der Waals surface area contributed by atoms with Gasteiger partial charge in [-0.2, -0.15) is 0 Å². The smallest absolute Gasteiger partial charge is 0.274 e. The number of piperazine rings is 1. The summed E-state index contributed by atoms with van der Waals surface area (Å²) in [7, 11) is 0. The lowest BCUT2D eigenvalue weighted by atomic mass is 10.2. The van der Waals surface area contributed by atoms with E-state index in [0.717, 1.165) is 0 Å². The van der Waals surface area contributed by atoms with E-state index >= 15 is 0 Å². The lowest BCUT2D eigenvalue weighted by Gasteiger charge is -2.31. The van der Waals surface area contributed by atoms with Gasteiger partial charge in [-0.25, -0.2) is 4.68 Å². The van der Waals surface area contributed by atoms with E-state index in [1.165, 1.54) is 15.8 Å². The van der Waals surface area contributed by atoms with E-state index in [9.17, 15) is 9.59 Å². The van der Waals surface area contributed by atoms with Gasteiger partial charge in [0, 0.05) is 12.6 Å². The van der Waals surface area contributed by atoms with Crippen LogP contribution in [0.3, 0.4) is 0 Å². The molecule has 2 aromatic rings. The first-order valence-electron chi connectivity index (χ1n) is 6.91. The molecule has 1 fully saturated rings. The number of benzene rings is 1. The molecular formula is C14H13Cl2N5O2. The molecule has 0 bridgehead atoms. The third-order valence-electron chi connectivity index (χ3n) is 3.44. The minimum Gasteiger partial charge on any atom is -0.350 e. The van der Waals surface area contributed by atoms with Crippen LogP contribution in [0.2, 0.25) is 10.0 Å². The molecule has 23 heavy (non-hydrogen) atoms. The van der Waals surface area contributed by atoms with E-state index in [1.54, 1.807) is 18.2 Å². The van der Waals surface area contributed by atoms with Crippen molar-refractivity contribution in [2.75, 3.05) is 13.1 Å². The lowest BCUT2D eigenvalue weighted by Crippen LogP contribution is -2.54. The molecule has 120 valence electrons. The second-order valence-electron chi connectivity index (χ2n) is 5.26. The summed E-state index contributed by atoms with van der Waals surface area (Å²) in [6, 6.07) is 4.88. The molecule has 0 aliphatic carbocycles. The van der Waals surface area contributed by atoms with Crippen LogP contribution in [0.1, 0.15) is 17.4 Å². The molecule has 1 saturated heterocycles. The number of aromatic nitrogens is 3. The minimum atomic E-state index is -0.354. The molecule has 2 amide bonds. The number of carbonyl (C=O) groups is 2. The van der Waals surface area contributed by atoms with Gasteiger partial charge >= 0.3 is 0 Å². The summed E-state index contributed by atoms with van der Waals surface area (Å²) >= 11 is 12.3. The standard InChI is InChI=1S/C14H13Cl2N5O2/c1-8-6-20(7-12(22)18-8)14(23)11-5-17-19-21(11)13-9(15)3-2-4-10(13)16/h2-5,8H,6-7H2,1H3,(H,18,22). The van der Waals surface area contributed by atoms with Crippen LogP contribution in [-0.4, -0.2) is 50.8 Å². The number of halogens is 2. The second-order valence-corrected chi connectivity index (χ2v) is 6.07. The molecule has 3 rings (SSSR count). The van der Waals surface area contributed by atoms with Crippen molar-refractivity contribution in [2.24, 2.45) is 0 Å². The van der Waals surface area contributed by atoms with Crippen molar-refractivity contribution in [2.45, 2.75) is 13.0 Å². The van der Waals surface area contributed by atoms with E-state index in [1.807, 2.05) is 6.92 Å². The van der Waals surface area contributed by atoms with Crippen molar-refractivity contribution in [3.05, 3.63) is 40.1 Å². The van der Waals surface area contributed by atoms with E-state index in [-0.39, 0.29) is 30.1 Å². The van der Waals surface area contributed by atoms with Crippen LogP contribution in [-0.2, 0) is 4.79 Å². The Morgan fingerprint density at radius 1 is 1.35 bits per heavy atom. The molecule has 7 nitrogen and oxygen atoms in total. The van der Waals surface area contributed by atoms with E-state index in [2.05, 4.69) is 15.6 Å². The fourth-order valence-electron chi connectivity index (χ4n) is 2.49. The molecule has 0 saturated carbocycles. The van der Waals surface area contributed by atoms with Gasteiger partial charge in [0.2, 0.25) is 5.91 Å². The number of nitrogens with zero attached hydrogens (tertiary/aromatic N) is 4. The largest absolute Gasteiger partial charge is 0.350 e. The molecule has 2 heterocycles. The van der Waals surface area contributed by atoms with E-state index in [4.69, 9.17) is 23.2 Å². The zero-order chi connectivity index (χ0) is 16.6. The summed E-state index contributed by atoms with van der Waals surface area (Å²) in [5.41, 5.74) is 0.577. The molecule has 9 heteroatoms. The lowest BCUT2D eigenvalue weighted by molar-refractivity contribution is -0.124. The first kappa shape index (κ1) is 15.8. The van der Waals surface area contributed by atoms with Crippen molar-refractivity contribution >= 4 is 35.0 Å². The molecule has 1 aliphatic heterocycles. The van der Waals surface area contributed by atoms with Crippen LogP contribution >= 0.6 is 23.2 Å². The number of amides is 2. The van der Waals surface area contributed by atoms with Crippen LogP contribution in [0.25, 0.3) is 5.69 Å². The Kier molecular flexibility index (Phi) is 4.23. The Hall–Kier alpha value is -2.12. The van der Waals surface area contributed by atoms with Crippen molar-refractivity contribution in [3.8, 4) is 5.69 Å². The number of carbonyl (C=O) groups excluding carboxylic acids is 2. The van der Waals surface area contributed by atoms with Gasteiger partial charge in [0.25, 0.3) is 5.91 Å². The maximum absolute atomic E-state index is 12.7. The van der Waals surface area contributed by atoms with Crippen LogP contribution in [0.15, 0.2) is 24.4 Å². The summed E-state index contributed by atoms with van der Waals surface area (Å²) < 4.78 is 1.30. The molecule has 1 atom stereocenters. The zero-order valence-corrected chi connectivity index (χ0v) is 13.7. The Bertz CT molecular complexity index is 756. The normalized spacial score (nSPS) is 18.0. The van der Waals surface area contributed by atoms with Crippen LogP contribution in [0.4, 0.5) is 0 Å². The summed E-state index contributed by atoms with van der Waals surface area (Å²) in [5.74, 6) is -0.556. The number of rotatable bonds is 2. The Labute approximate surface area is 142 Å². The number of hydrogen-bond donors (Lipinski definition) is 1. The number of para-hydroxylation sites is 1. The van der Waals surface area contributed by atoms with Gasteiger partial charge in [0.15, 0.2) is 5.69 Å². The minimum absolute atomic E-state index is 0.00932. The van der Waals surface area contributed by atoms with Gasteiger partial charge in [0.05, 0.1) is 22.8 Å². The van der Waals surface area contributed by atoms with E-state index < -0.39 is 0 Å². The van der Waals surface area contributed by atoms with Gasteiger partial charge in [-0.3, -0.25) is 9.59 Å². The maximum atomic E-state index is 12.7. The fourth-order valence-corrected chi connectivity index (χ4v) is 3.05. The highest BCUT2D eigenvalue weighted by Crippen LogP contribution is 2.28. The van der Waals surface area contributed by atoms with Gasteiger partial charge in [-0.15, -0.1) is 5.10 Å². The average Bonchev–Trinajstić information content (AvgIpc) is 2.94. The highest BCUT2D eigenvalue weighted by atomic mass is 35.5. The third-order valence-corrected chi connectivity index (χ3v) is 4.05. The molecule has 1 aromatic heterocycles. The summed E-state index contributed by atoms with van der Waals surface area (Å²) in [6.07, 6.45) is 1.33. The highest BCUT2D eigenvalue weighted by molar-refractivity contribution is 6.37. The van der Waals surface area contributed by atoms with Crippen molar-refractivity contribution in [3.63, 3.8) is 0 Å². The van der Waals surface area contributed by atoms with Gasteiger partial charge in [-0.1, -0.05) is 34.5 Å². The molecule has 1 aliphatic rings. The van der Waals surface area contributed by atoms with Crippen molar-refractivity contribution in [1.82, 2.24) is 25.2 Å². The van der Waals surface area contributed by atoms with Crippen LogP contribution in [0.5, 0.6) is 0 Å². The number of nitrogens with one attached hydrogen (secondary N) is 1. The third kappa shape index (κ3) is 3.02. The van der Waals surface area contributed by atoms with E-state index in [0.29, 0.717) is 22.3 Å². The van der Waals surface area contributed by atoms with Crippen molar-refractivity contribution in [1.29, 1.82) is 0 Å². The Balaban J connectivity index is 1.98. The highest BCUT2D eigenvalue weighted by Gasteiger charge is 2.29. The Morgan fingerprint density at radius 2 is 2.04 bits per heavy atom. The molecule has 0 spiro atoms. The van der Waals surface area contributed by atoms with Gasteiger partial charge in [-0.05, 0) is 19.1 Å². The molecule has 1 N–H and O–H groups in total. The van der Waals surface area contributed by atoms with Crippen LogP contribution < -0.4 is 5.32 Å². The molecule has 1 unspecified atom stereocenters. The fraction of sp³-hybridized carbons (Fsp3) is 0.286. The van der Waals surface area contributed by atoms with Crippen LogP contribution in [0, 0.1) is 0 Å². The van der Waals surface area contributed by atoms with Crippen molar-refractivity contribution < 1.29 is 9.59 Å². The summed E-state index contributed by atoms with van der Waals surface area (Å²) in [6.45, 7) is 2.23. The molecule has 1 aromatic carbocycles. The average molecular weight is 354 g/mol. The maximum Gasteiger partial charge on any atom is 0.274 e. The zero-order valence-electron chi connectivity index (χ0n) is 12.2. The Morgan fingerprint density at radius 3 is 2.70 bits per heavy atom. The quantitative estimate of drug-likeness (QED) is 0.887. The summed E-state index contributed by atoms with van der Waals surface area (Å²) in [5, 5.41) is 11.2. The molecule has 0 radical (unpaired) electrons. The SMILES string of the molecule is CC1CN(C(=O)c2cnnn2-c2c(Cl)cccc2Cl)CC(=O)N1. The number of hydrogen-bond acceptors (Lipinski definition) is 4. The molecular weight excluding hydrogens is 341 g/mol. The van der Waals surface area contributed by atoms with Gasteiger partial charge < -0.3 is 10.2 Å². The predicted octanol–water partition coefficient (Wildman–Crippen LogP) is 1.53. The first-order valence-corrected chi connectivity index (χ1v) is 7.66. The second kappa shape index (κ2) is 6.17. The predicted molar refractivity (Wildman–Crippen MR) is 84.9 cm³/mol. The monoisotopic (exact) mass is 353 g/mol. The topological polar surface area (TPSA) is 80.1 Å². The first-order chi connectivity index (χ1) is 11.0. The van der Waals surface area contributed by atoms with Gasteiger partial charge in [0.1, 0.15) is 5.69 Å².